The average molecular weight is 917 g/mol. The second-order valence-corrected chi connectivity index (χ2v) is 18.1. The molecule has 0 saturated heterocycles. The summed E-state index contributed by atoms with van der Waals surface area (Å²) in [6.45, 7) is 7.61. The predicted octanol–water partition coefficient (Wildman–Crippen LogP) is 19.0. The van der Waals surface area contributed by atoms with Crippen molar-refractivity contribution in [1.29, 1.82) is 0 Å². The van der Waals surface area contributed by atoms with Gasteiger partial charge in [0.05, 0.1) is 6.61 Å². The summed E-state index contributed by atoms with van der Waals surface area (Å²) in [5.41, 5.74) is 0. The van der Waals surface area contributed by atoms with Gasteiger partial charge in [0, 0.05) is 19.4 Å². The van der Waals surface area contributed by atoms with Crippen molar-refractivity contribution in [3.05, 3.63) is 97.2 Å². The van der Waals surface area contributed by atoms with E-state index in [1.807, 2.05) is 6.08 Å². The number of hydrogen-bond donors (Lipinski definition) is 0. The normalized spacial score (nSPS) is 13.0. The van der Waals surface area contributed by atoms with Crippen LogP contribution < -0.4 is 0 Å². The lowest BCUT2D eigenvalue weighted by Gasteiger charge is -2.18. The minimum atomic E-state index is -0.577. The molecule has 378 valence electrons. The molecule has 0 aromatic rings. The zero-order valence-corrected chi connectivity index (χ0v) is 43.4. The zero-order valence-electron chi connectivity index (χ0n) is 43.4. The van der Waals surface area contributed by atoms with Crippen LogP contribution in [0.25, 0.3) is 0 Å². The molecule has 5 heteroatoms. The highest BCUT2D eigenvalue weighted by atomic mass is 16.6. The van der Waals surface area contributed by atoms with Crippen molar-refractivity contribution in [2.75, 3.05) is 19.8 Å². The molecule has 0 aliphatic heterocycles. The van der Waals surface area contributed by atoms with Gasteiger partial charge in [-0.1, -0.05) is 227 Å². The fourth-order valence-corrected chi connectivity index (χ4v) is 7.47. The number of rotatable bonds is 50. The van der Waals surface area contributed by atoms with Crippen molar-refractivity contribution < 1.29 is 23.8 Å². The molecule has 0 bridgehead atoms. The van der Waals surface area contributed by atoms with Gasteiger partial charge >= 0.3 is 11.9 Å². The Labute approximate surface area is 409 Å². The van der Waals surface area contributed by atoms with Gasteiger partial charge in [-0.2, -0.15) is 0 Å². The van der Waals surface area contributed by atoms with Crippen LogP contribution in [-0.4, -0.2) is 37.9 Å². The average Bonchev–Trinajstić information content (AvgIpc) is 3.32. The summed E-state index contributed by atoms with van der Waals surface area (Å²) in [4.78, 5) is 25.4. The van der Waals surface area contributed by atoms with Crippen LogP contribution in [0.2, 0.25) is 0 Å². The molecule has 0 aliphatic rings. The molecule has 0 radical (unpaired) electrons. The molecule has 0 aromatic carbocycles. The van der Waals surface area contributed by atoms with E-state index in [0.717, 1.165) is 70.6 Å². The first-order valence-corrected chi connectivity index (χ1v) is 27.8. The Hall–Kier alpha value is -3.18. The minimum absolute atomic E-state index is 0.0374. The van der Waals surface area contributed by atoms with E-state index in [1.54, 1.807) is 0 Å². The molecule has 66 heavy (non-hydrogen) atoms. The number of hydrogen-bond acceptors (Lipinski definition) is 5. The molecule has 0 aromatic heterocycles. The fraction of sp³-hybridized carbons (Fsp3) is 0.705. The zero-order chi connectivity index (χ0) is 47.7. The van der Waals surface area contributed by atoms with E-state index in [4.69, 9.17) is 14.2 Å². The monoisotopic (exact) mass is 917 g/mol. The standard InChI is InChI=1S/C61H104O5/c1-4-7-10-13-16-19-22-25-28-30-31-33-34-36-39-42-45-48-51-54-60(62)65-58-59(57-64-56-53-50-47-44-41-38-27-24-21-18-15-12-9-6-3)66-61(63)55-52-49-46-43-40-37-35-32-29-26-23-20-17-14-11-8-5-2/h7,10,16,19,21,24-26,28-29,31,33,36,39,45,48,59H,4-6,8-9,11-15,17-18,20,22-23,27,30,32,34-35,37-38,40-44,46-47,49-58H2,1-3H3/b10-7-,19-16-,24-21-,28-25-,29-26-,33-31-,39-36-,48-45-. The second kappa shape index (κ2) is 56.1. The highest BCUT2D eigenvalue weighted by Gasteiger charge is 2.17. The molecule has 1 unspecified atom stereocenters. The Morgan fingerprint density at radius 3 is 1.17 bits per heavy atom. The molecule has 0 spiro atoms. The van der Waals surface area contributed by atoms with Crippen molar-refractivity contribution in [3.63, 3.8) is 0 Å². The highest BCUT2D eigenvalue weighted by Crippen LogP contribution is 2.14. The van der Waals surface area contributed by atoms with Crippen LogP contribution in [0.1, 0.15) is 252 Å². The van der Waals surface area contributed by atoms with Gasteiger partial charge in [0.1, 0.15) is 6.61 Å². The molecule has 5 nitrogen and oxygen atoms in total. The summed E-state index contributed by atoms with van der Waals surface area (Å²) >= 11 is 0. The topological polar surface area (TPSA) is 61.8 Å². The van der Waals surface area contributed by atoms with Gasteiger partial charge in [-0.15, -0.1) is 0 Å². The van der Waals surface area contributed by atoms with Gasteiger partial charge < -0.3 is 14.2 Å². The Balaban J connectivity index is 4.40. The Morgan fingerprint density at radius 1 is 0.348 bits per heavy atom. The first-order chi connectivity index (χ1) is 32.6. The van der Waals surface area contributed by atoms with Gasteiger partial charge in [0.25, 0.3) is 0 Å². The summed E-state index contributed by atoms with van der Waals surface area (Å²) in [5, 5.41) is 0. The third-order valence-corrected chi connectivity index (χ3v) is 11.6. The van der Waals surface area contributed by atoms with Crippen molar-refractivity contribution in [2.45, 2.75) is 258 Å². The summed E-state index contributed by atoms with van der Waals surface area (Å²) in [6.07, 6.45) is 75.7. The highest BCUT2D eigenvalue weighted by molar-refractivity contribution is 5.70. The van der Waals surface area contributed by atoms with E-state index < -0.39 is 6.10 Å². The van der Waals surface area contributed by atoms with Gasteiger partial charge in [-0.05, 0) is 109 Å². The summed E-state index contributed by atoms with van der Waals surface area (Å²) < 4.78 is 17.4. The predicted molar refractivity (Wildman–Crippen MR) is 288 cm³/mol. The van der Waals surface area contributed by atoms with Crippen LogP contribution in [0.3, 0.4) is 0 Å². The number of esters is 2. The lowest BCUT2D eigenvalue weighted by molar-refractivity contribution is -0.162. The van der Waals surface area contributed by atoms with Crippen molar-refractivity contribution in [3.8, 4) is 0 Å². The third-order valence-electron chi connectivity index (χ3n) is 11.6. The molecule has 0 fully saturated rings. The molecular formula is C61H104O5. The first kappa shape index (κ1) is 62.8. The molecule has 1 atom stereocenters. The van der Waals surface area contributed by atoms with Crippen LogP contribution in [0.15, 0.2) is 97.2 Å². The maximum Gasteiger partial charge on any atom is 0.306 e. The van der Waals surface area contributed by atoms with Crippen LogP contribution in [-0.2, 0) is 23.8 Å². The molecule has 0 amide bonds. The number of carbonyl (C=O) groups excluding carboxylic acids is 2. The summed E-state index contributed by atoms with van der Waals surface area (Å²) in [5.74, 6) is -0.501. The van der Waals surface area contributed by atoms with E-state index in [2.05, 4.69) is 112 Å². The number of carbonyl (C=O) groups is 2. The Kier molecular flexibility index (Phi) is 53.4. The molecular weight excluding hydrogens is 813 g/mol. The van der Waals surface area contributed by atoms with Crippen molar-refractivity contribution >= 4 is 11.9 Å². The van der Waals surface area contributed by atoms with Crippen molar-refractivity contribution in [2.24, 2.45) is 0 Å². The van der Waals surface area contributed by atoms with E-state index in [-0.39, 0.29) is 25.2 Å². The molecule has 0 saturated carbocycles. The number of allylic oxidation sites excluding steroid dienone is 16. The molecule has 0 rings (SSSR count). The fourth-order valence-electron chi connectivity index (χ4n) is 7.47. The van der Waals surface area contributed by atoms with Crippen LogP contribution in [0.5, 0.6) is 0 Å². The van der Waals surface area contributed by atoms with Crippen LogP contribution in [0, 0.1) is 0 Å². The number of ether oxygens (including phenoxy) is 3. The minimum Gasteiger partial charge on any atom is -0.462 e. The molecule has 0 aliphatic carbocycles. The van der Waals surface area contributed by atoms with Crippen molar-refractivity contribution in [1.82, 2.24) is 0 Å². The quantitative estimate of drug-likeness (QED) is 0.0346. The van der Waals surface area contributed by atoms with E-state index in [1.165, 1.54) is 141 Å². The maximum atomic E-state index is 12.8. The van der Waals surface area contributed by atoms with E-state index in [0.29, 0.717) is 25.9 Å². The van der Waals surface area contributed by atoms with E-state index in [9.17, 15) is 9.59 Å². The lowest BCUT2D eigenvalue weighted by atomic mass is 10.1. The SMILES string of the molecule is CC/C=C\C/C=C\C/C=C\C/C=C\C/C=C\C/C=C\CCC(=O)OCC(COCCCCCCCC/C=C\CCCCCC)OC(=O)CCCCCCCCC/C=C\CCCCCCCC. The lowest BCUT2D eigenvalue weighted by Crippen LogP contribution is -2.30. The third kappa shape index (κ3) is 53.4. The smallest absolute Gasteiger partial charge is 0.306 e. The van der Waals surface area contributed by atoms with Gasteiger partial charge in [0.15, 0.2) is 6.10 Å². The summed E-state index contributed by atoms with van der Waals surface area (Å²) in [6, 6.07) is 0. The van der Waals surface area contributed by atoms with Gasteiger partial charge in [0.2, 0.25) is 0 Å². The molecule has 0 N–H and O–H groups in total. The first-order valence-electron chi connectivity index (χ1n) is 27.8. The largest absolute Gasteiger partial charge is 0.462 e. The second-order valence-electron chi connectivity index (χ2n) is 18.1. The van der Waals surface area contributed by atoms with Crippen LogP contribution in [0.4, 0.5) is 0 Å². The van der Waals surface area contributed by atoms with Gasteiger partial charge in [-0.25, -0.2) is 0 Å². The maximum absolute atomic E-state index is 12.8. The number of unbranched alkanes of at least 4 members (excludes halogenated alkanes) is 23. The Bertz CT molecular complexity index is 1270. The Morgan fingerprint density at radius 2 is 0.712 bits per heavy atom. The van der Waals surface area contributed by atoms with Crippen LogP contribution >= 0.6 is 0 Å². The van der Waals surface area contributed by atoms with Gasteiger partial charge in [-0.3, -0.25) is 9.59 Å². The molecule has 0 heterocycles. The summed E-state index contributed by atoms with van der Waals surface area (Å²) in [7, 11) is 0. The van der Waals surface area contributed by atoms with E-state index >= 15 is 0 Å².